The number of aromatic nitrogens is 1. The van der Waals surface area contributed by atoms with Crippen molar-refractivity contribution in [1.29, 1.82) is 0 Å². The van der Waals surface area contributed by atoms with Crippen molar-refractivity contribution in [3.8, 4) is 5.75 Å². The van der Waals surface area contributed by atoms with E-state index in [2.05, 4.69) is 70.2 Å². The minimum atomic E-state index is 0.631. The zero-order chi connectivity index (χ0) is 15.4. The topological polar surface area (TPSA) is 34.1 Å². The zero-order valence-electron chi connectivity index (χ0n) is 11.7. The fraction of sp³-hybridized carbons (Fsp3) is 0.267. The maximum Gasteiger partial charge on any atom is 0.138 e. The number of hydrogen-bond donors (Lipinski definition) is 1. The molecule has 0 aliphatic heterocycles. The largest absolute Gasteiger partial charge is 0.492 e. The van der Waals surface area contributed by atoms with Crippen LogP contribution in [0.5, 0.6) is 5.75 Å². The van der Waals surface area contributed by atoms with E-state index in [0.29, 0.717) is 13.2 Å². The van der Waals surface area contributed by atoms with Crippen LogP contribution in [0.15, 0.2) is 37.9 Å². The van der Waals surface area contributed by atoms with Crippen molar-refractivity contribution in [2.24, 2.45) is 0 Å². The van der Waals surface area contributed by atoms with Gasteiger partial charge >= 0.3 is 0 Å². The van der Waals surface area contributed by atoms with Gasteiger partial charge in [0.15, 0.2) is 0 Å². The molecule has 0 spiro atoms. The number of nitrogens with one attached hydrogen (secondary N) is 1. The van der Waals surface area contributed by atoms with Crippen LogP contribution in [0.3, 0.4) is 0 Å². The molecule has 0 atom stereocenters. The second kappa shape index (κ2) is 7.61. The average molecular weight is 479 g/mol. The minimum Gasteiger partial charge on any atom is -0.492 e. The van der Waals surface area contributed by atoms with Gasteiger partial charge in [-0.2, -0.15) is 0 Å². The molecule has 0 aliphatic rings. The average Bonchev–Trinajstić information content (AvgIpc) is 2.43. The monoisotopic (exact) mass is 476 g/mol. The van der Waals surface area contributed by atoms with Crippen LogP contribution < -0.4 is 10.1 Å². The van der Waals surface area contributed by atoms with E-state index in [1.165, 1.54) is 0 Å². The summed E-state index contributed by atoms with van der Waals surface area (Å²) >= 11 is 10.5. The summed E-state index contributed by atoms with van der Waals surface area (Å²) in [6, 6.07) is 6.10. The van der Waals surface area contributed by atoms with Gasteiger partial charge in [0.2, 0.25) is 0 Å². The molecule has 3 nitrogen and oxygen atoms in total. The first-order chi connectivity index (χ1) is 10.0. The molecular weight excluding hydrogens is 464 g/mol. The van der Waals surface area contributed by atoms with E-state index in [-0.39, 0.29) is 0 Å². The number of anilines is 1. The van der Waals surface area contributed by atoms with Gasteiger partial charge in [0.05, 0.1) is 23.0 Å². The molecule has 6 heteroatoms. The molecule has 0 saturated carbocycles. The maximum atomic E-state index is 5.72. The lowest BCUT2D eigenvalue weighted by molar-refractivity contribution is 0.334. The highest BCUT2D eigenvalue weighted by molar-refractivity contribution is 9.11. The summed E-state index contributed by atoms with van der Waals surface area (Å²) in [6.45, 7) is 5.29. The Morgan fingerprint density at radius 1 is 1.19 bits per heavy atom. The van der Waals surface area contributed by atoms with Crippen molar-refractivity contribution >= 4 is 53.5 Å². The minimum absolute atomic E-state index is 0.631. The molecule has 0 saturated heterocycles. The molecule has 0 unspecified atom stereocenters. The van der Waals surface area contributed by atoms with E-state index < -0.39 is 0 Å². The van der Waals surface area contributed by atoms with Crippen LogP contribution in [0.2, 0.25) is 0 Å². The second-order valence-electron chi connectivity index (χ2n) is 4.49. The lowest BCUT2D eigenvalue weighted by Crippen LogP contribution is -2.04. The first-order valence-corrected chi connectivity index (χ1v) is 8.86. The Kier molecular flexibility index (Phi) is 6.08. The summed E-state index contributed by atoms with van der Waals surface area (Å²) in [6.07, 6.45) is 1.81. The summed E-state index contributed by atoms with van der Waals surface area (Å²) in [5.74, 6) is 0.870. The van der Waals surface area contributed by atoms with Crippen LogP contribution in [-0.2, 0) is 6.54 Å². The third-order valence-electron chi connectivity index (χ3n) is 2.87. The number of halogens is 3. The highest BCUT2D eigenvalue weighted by atomic mass is 79.9. The summed E-state index contributed by atoms with van der Waals surface area (Å²) in [7, 11) is 0. The van der Waals surface area contributed by atoms with Gasteiger partial charge in [-0.25, -0.2) is 4.98 Å². The smallest absolute Gasteiger partial charge is 0.138 e. The first-order valence-electron chi connectivity index (χ1n) is 6.48. The summed E-state index contributed by atoms with van der Waals surface area (Å²) in [5, 5.41) is 3.38. The Morgan fingerprint density at radius 2 is 1.95 bits per heavy atom. The Morgan fingerprint density at radius 3 is 2.62 bits per heavy atom. The Hall–Kier alpha value is -0.590. The molecule has 1 aromatic heterocycles. The molecule has 1 heterocycles. The highest BCUT2D eigenvalue weighted by Gasteiger charge is 2.10. The molecule has 21 heavy (non-hydrogen) atoms. The number of nitrogens with zero attached hydrogens (tertiary/aromatic N) is 1. The Balaban J connectivity index is 2.20. The van der Waals surface area contributed by atoms with E-state index in [1.807, 2.05) is 26.1 Å². The molecule has 0 aliphatic carbocycles. The van der Waals surface area contributed by atoms with Gasteiger partial charge in [-0.15, -0.1) is 0 Å². The number of hydrogen-bond acceptors (Lipinski definition) is 3. The van der Waals surface area contributed by atoms with Crippen LogP contribution in [0.1, 0.15) is 18.1 Å². The van der Waals surface area contributed by atoms with E-state index in [9.17, 15) is 0 Å². The van der Waals surface area contributed by atoms with Crippen molar-refractivity contribution in [3.63, 3.8) is 0 Å². The van der Waals surface area contributed by atoms with Crippen LogP contribution in [0.4, 0.5) is 5.69 Å². The standard InChI is InChI=1S/C15H15Br3N2O/c1-3-21-14-10(5-11(16)6-13(14)17)7-19-12-4-9(2)15(18)20-8-12/h4-6,8,19H,3,7H2,1-2H3. The summed E-state index contributed by atoms with van der Waals surface area (Å²) < 4.78 is 8.55. The number of benzene rings is 1. The predicted octanol–water partition coefficient (Wildman–Crippen LogP) is 5.69. The van der Waals surface area contributed by atoms with E-state index in [1.54, 1.807) is 0 Å². The molecule has 0 amide bonds. The quantitative estimate of drug-likeness (QED) is 0.561. The van der Waals surface area contributed by atoms with Crippen molar-refractivity contribution in [2.45, 2.75) is 20.4 Å². The SMILES string of the molecule is CCOc1c(Br)cc(Br)cc1CNc1cnc(Br)c(C)c1. The van der Waals surface area contributed by atoms with Crippen LogP contribution in [0, 0.1) is 6.92 Å². The number of aryl methyl sites for hydroxylation is 1. The molecule has 2 rings (SSSR count). The fourth-order valence-electron chi connectivity index (χ4n) is 1.90. The van der Waals surface area contributed by atoms with Gasteiger partial charge < -0.3 is 10.1 Å². The van der Waals surface area contributed by atoms with Gasteiger partial charge in [-0.1, -0.05) is 15.9 Å². The molecule has 2 aromatic rings. The molecule has 0 fully saturated rings. The summed E-state index contributed by atoms with van der Waals surface area (Å²) in [4.78, 5) is 4.29. The van der Waals surface area contributed by atoms with E-state index in [0.717, 1.165) is 36.1 Å². The van der Waals surface area contributed by atoms with Crippen LogP contribution >= 0.6 is 47.8 Å². The molecule has 112 valence electrons. The molecule has 0 radical (unpaired) electrons. The van der Waals surface area contributed by atoms with Gasteiger partial charge in [0.1, 0.15) is 10.4 Å². The lowest BCUT2D eigenvalue weighted by Gasteiger charge is -2.14. The lowest BCUT2D eigenvalue weighted by atomic mass is 10.2. The third kappa shape index (κ3) is 4.44. The maximum absolute atomic E-state index is 5.72. The van der Waals surface area contributed by atoms with Crippen LogP contribution in [0.25, 0.3) is 0 Å². The van der Waals surface area contributed by atoms with Crippen molar-refractivity contribution in [3.05, 3.63) is 49.1 Å². The van der Waals surface area contributed by atoms with Crippen molar-refractivity contribution in [1.82, 2.24) is 4.98 Å². The van der Waals surface area contributed by atoms with Gasteiger partial charge in [0.25, 0.3) is 0 Å². The second-order valence-corrected chi connectivity index (χ2v) is 7.02. The molecule has 1 aromatic carbocycles. The van der Waals surface area contributed by atoms with Gasteiger partial charge in [-0.05, 0) is 69.5 Å². The van der Waals surface area contributed by atoms with E-state index in [4.69, 9.17) is 4.74 Å². The predicted molar refractivity (Wildman–Crippen MR) is 97.0 cm³/mol. The molecular formula is C15H15Br3N2O. The number of ether oxygens (including phenoxy) is 1. The van der Waals surface area contributed by atoms with Crippen molar-refractivity contribution < 1.29 is 4.74 Å². The zero-order valence-corrected chi connectivity index (χ0v) is 16.5. The third-order valence-corrected chi connectivity index (χ3v) is 4.75. The van der Waals surface area contributed by atoms with Crippen molar-refractivity contribution in [2.75, 3.05) is 11.9 Å². The summed E-state index contributed by atoms with van der Waals surface area (Å²) in [5.41, 5.74) is 3.16. The number of rotatable bonds is 5. The molecule has 0 bridgehead atoms. The first kappa shape index (κ1) is 16.8. The number of pyridine rings is 1. The fourth-order valence-corrected chi connectivity index (χ4v) is 3.55. The van der Waals surface area contributed by atoms with Gasteiger partial charge in [-0.3, -0.25) is 0 Å². The highest BCUT2D eigenvalue weighted by Crippen LogP contribution is 2.33. The Bertz CT molecular complexity index is 647. The Labute approximate surface area is 149 Å². The normalized spacial score (nSPS) is 10.5. The van der Waals surface area contributed by atoms with Gasteiger partial charge in [0, 0.05) is 16.6 Å². The molecule has 1 N–H and O–H groups in total. The van der Waals surface area contributed by atoms with E-state index >= 15 is 0 Å². The van der Waals surface area contributed by atoms with Crippen LogP contribution in [-0.4, -0.2) is 11.6 Å².